The Morgan fingerprint density at radius 2 is 2.04 bits per heavy atom. The zero-order chi connectivity index (χ0) is 18.7. The van der Waals surface area contributed by atoms with Gasteiger partial charge in [-0.2, -0.15) is 0 Å². The lowest BCUT2D eigenvalue weighted by Gasteiger charge is -2.57. The second kappa shape index (κ2) is 5.90. The number of hydrogen-bond acceptors (Lipinski definition) is 4. The van der Waals surface area contributed by atoms with Gasteiger partial charge in [-0.3, -0.25) is 14.4 Å². The third-order valence-corrected chi connectivity index (χ3v) is 7.86. The summed E-state index contributed by atoms with van der Waals surface area (Å²) in [6.45, 7) is 6.09. The Labute approximate surface area is 155 Å². The molecule has 3 fully saturated rings. The van der Waals surface area contributed by atoms with Gasteiger partial charge in [-0.15, -0.1) is 0 Å². The number of carbonyl (C=O) groups excluding carboxylic acids is 3. The Morgan fingerprint density at radius 1 is 1.27 bits per heavy atom. The maximum atomic E-state index is 12.6. The van der Waals surface area contributed by atoms with Crippen LogP contribution in [0.5, 0.6) is 0 Å². The van der Waals surface area contributed by atoms with Crippen molar-refractivity contribution in [3.63, 3.8) is 0 Å². The van der Waals surface area contributed by atoms with Gasteiger partial charge in [0.2, 0.25) is 0 Å². The highest BCUT2D eigenvalue weighted by molar-refractivity contribution is 6.01. The van der Waals surface area contributed by atoms with Crippen LogP contribution >= 0.6 is 0 Å². The molecule has 0 N–H and O–H groups in total. The number of hydrogen-bond donors (Lipinski definition) is 0. The molecule has 0 unspecified atom stereocenters. The number of fused-ring (bicyclic) bond motifs is 5. The first-order chi connectivity index (χ1) is 12.3. The molecule has 4 aliphatic rings. The van der Waals surface area contributed by atoms with Gasteiger partial charge in [0.15, 0.2) is 5.78 Å². The summed E-state index contributed by atoms with van der Waals surface area (Å²) >= 11 is 0. The van der Waals surface area contributed by atoms with Crippen LogP contribution in [-0.2, 0) is 19.1 Å². The van der Waals surface area contributed by atoms with E-state index in [0.29, 0.717) is 36.6 Å². The fraction of sp³-hybridized carbons (Fsp3) is 0.682. The number of esters is 1. The van der Waals surface area contributed by atoms with Crippen LogP contribution in [0.1, 0.15) is 52.9 Å². The predicted octanol–water partition coefficient (Wildman–Crippen LogP) is 3.65. The second-order valence-corrected chi connectivity index (χ2v) is 9.09. The smallest absolute Gasteiger partial charge is 0.302 e. The number of Topliss-reactive ketones (excluding diaryl/α,β-unsaturated/α-hetero) is 1. The number of allylic oxidation sites excluding steroid dienone is 2. The minimum Gasteiger partial charge on any atom is -0.465 e. The fourth-order valence-electron chi connectivity index (χ4n) is 6.62. The summed E-state index contributed by atoms with van der Waals surface area (Å²) in [5.41, 5.74) is 0.564. The van der Waals surface area contributed by atoms with Gasteiger partial charge < -0.3 is 4.74 Å². The van der Waals surface area contributed by atoms with E-state index in [9.17, 15) is 14.4 Å². The molecule has 4 rings (SSSR count). The van der Waals surface area contributed by atoms with Crippen LogP contribution < -0.4 is 0 Å². The van der Waals surface area contributed by atoms with Crippen molar-refractivity contribution in [3.8, 4) is 0 Å². The van der Waals surface area contributed by atoms with Crippen molar-refractivity contribution in [3.05, 3.63) is 23.8 Å². The summed E-state index contributed by atoms with van der Waals surface area (Å²) in [7, 11) is 0. The van der Waals surface area contributed by atoms with Gasteiger partial charge in [0.25, 0.3) is 0 Å². The highest BCUT2D eigenvalue weighted by Gasteiger charge is 2.61. The Kier molecular flexibility index (Phi) is 4.01. The molecular weight excluding hydrogens is 328 g/mol. The van der Waals surface area contributed by atoms with Gasteiger partial charge in [0, 0.05) is 24.2 Å². The van der Waals surface area contributed by atoms with Crippen molar-refractivity contribution in [2.24, 2.45) is 34.5 Å². The highest BCUT2D eigenvalue weighted by Crippen LogP contribution is 2.64. The summed E-state index contributed by atoms with van der Waals surface area (Å²) < 4.78 is 5.52. The van der Waals surface area contributed by atoms with Gasteiger partial charge in [-0.1, -0.05) is 19.9 Å². The molecule has 0 aromatic rings. The molecule has 140 valence electrons. The molecule has 26 heavy (non-hydrogen) atoms. The fourth-order valence-corrected chi connectivity index (χ4v) is 6.62. The Hall–Kier alpha value is -1.71. The van der Waals surface area contributed by atoms with Crippen LogP contribution in [0, 0.1) is 34.5 Å². The molecule has 0 aromatic heterocycles. The average molecular weight is 356 g/mol. The zero-order valence-corrected chi connectivity index (χ0v) is 15.9. The Morgan fingerprint density at radius 3 is 2.77 bits per heavy atom. The molecule has 0 spiro atoms. The van der Waals surface area contributed by atoms with Crippen molar-refractivity contribution in [1.82, 2.24) is 0 Å². The molecule has 0 heterocycles. The molecule has 0 saturated heterocycles. The van der Waals surface area contributed by atoms with Crippen molar-refractivity contribution in [1.29, 1.82) is 0 Å². The number of carbonyl (C=O) groups is 3. The summed E-state index contributed by atoms with van der Waals surface area (Å²) in [6.07, 6.45) is 10.00. The van der Waals surface area contributed by atoms with E-state index in [1.54, 1.807) is 12.2 Å². The van der Waals surface area contributed by atoms with Gasteiger partial charge >= 0.3 is 5.97 Å². The first-order valence-electron chi connectivity index (χ1n) is 9.90. The predicted molar refractivity (Wildman–Crippen MR) is 97.1 cm³/mol. The normalized spacial score (nSPS) is 44.0. The van der Waals surface area contributed by atoms with Crippen LogP contribution in [-0.4, -0.2) is 24.1 Å². The van der Waals surface area contributed by atoms with Crippen molar-refractivity contribution in [2.75, 3.05) is 6.61 Å². The van der Waals surface area contributed by atoms with Crippen LogP contribution in [0.4, 0.5) is 0 Å². The van der Waals surface area contributed by atoms with E-state index in [-0.39, 0.29) is 28.5 Å². The van der Waals surface area contributed by atoms with Gasteiger partial charge in [-0.05, 0) is 67.1 Å². The van der Waals surface area contributed by atoms with Crippen molar-refractivity contribution < 1.29 is 19.1 Å². The van der Waals surface area contributed by atoms with Crippen LogP contribution in [0.25, 0.3) is 0 Å². The molecule has 6 atom stereocenters. The number of ether oxygens (including phenoxy) is 1. The first kappa shape index (κ1) is 17.7. The minimum atomic E-state index is -0.380. The number of rotatable bonds is 2. The van der Waals surface area contributed by atoms with E-state index in [2.05, 4.69) is 13.8 Å². The molecule has 4 nitrogen and oxygen atoms in total. The molecule has 3 saturated carbocycles. The summed E-state index contributed by atoms with van der Waals surface area (Å²) in [6, 6.07) is 0. The Balaban J connectivity index is 1.76. The third-order valence-electron chi connectivity index (χ3n) is 7.86. The standard InChI is InChI=1S/C22H28O4/c1-13-10-16-17-4-5-20(25)21(17,3)8-7-18(16)22(12-26-14(2)23)9-6-15(24)11-19(13)22/h6,9,11,13,16-18H,4-5,7-8,10,12H2,1-3H3/t13-,16-,17-,18-,21-,22-/m0/s1. The zero-order valence-electron chi connectivity index (χ0n) is 15.9. The largest absolute Gasteiger partial charge is 0.465 e. The van der Waals surface area contributed by atoms with E-state index >= 15 is 0 Å². The maximum Gasteiger partial charge on any atom is 0.302 e. The van der Waals surface area contributed by atoms with E-state index in [1.807, 2.05) is 6.08 Å². The van der Waals surface area contributed by atoms with Gasteiger partial charge in [0.05, 0.1) is 0 Å². The number of ketones is 2. The highest BCUT2D eigenvalue weighted by atomic mass is 16.5. The quantitative estimate of drug-likeness (QED) is 0.709. The summed E-state index contributed by atoms with van der Waals surface area (Å²) in [5, 5.41) is 0. The summed E-state index contributed by atoms with van der Waals surface area (Å²) in [4.78, 5) is 36.2. The minimum absolute atomic E-state index is 0.0282. The van der Waals surface area contributed by atoms with Crippen LogP contribution in [0.3, 0.4) is 0 Å². The Bertz CT molecular complexity index is 732. The molecule has 0 aliphatic heterocycles. The molecule has 0 bridgehead atoms. The lowest BCUT2D eigenvalue weighted by molar-refractivity contribution is -0.147. The van der Waals surface area contributed by atoms with E-state index < -0.39 is 0 Å². The summed E-state index contributed by atoms with van der Waals surface area (Å²) in [5.74, 6) is 1.63. The molecule has 0 aromatic carbocycles. The van der Waals surface area contributed by atoms with Crippen molar-refractivity contribution in [2.45, 2.75) is 52.9 Å². The first-order valence-corrected chi connectivity index (χ1v) is 9.90. The lowest BCUT2D eigenvalue weighted by Crippen LogP contribution is -2.54. The molecule has 4 aliphatic carbocycles. The third kappa shape index (κ3) is 2.37. The SMILES string of the molecule is CC(=O)OC[C@]12C=CC(=O)C=C1[C@@H](C)C[C@H]1[C@@H]3CCC(=O)[C@@]3(C)CC[C@@H]12. The monoisotopic (exact) mass is 356 g/mol. The van der Waals surface area contributed by atoms with Crippen LogP contribution in [0.15, 0.2) is 23.8 Å². The molecule has 4 heteroatoms. The lowest BCUT2D eigenvalue weighted by atomic mass is 9.46. The van der Waals surface area contributed by atoms with E-state index in [4.69, 9.17) is 4.74 Å². The van der Waals surface area contributed by atoms with Crippen LogP contribution in [0.2, 0.25) is 0 Å². The molecule has 0 radical (unpaired) electrons. The average Bonchev–Trinajstić information content (AvgIpc) is 2.90. The van der Waals surface area contributed by atoms with E-state index in [0.717, 1.165) is 31.3 Å². The van der Waals surface area contributed by atoms with Gasteiger partial charge in [0.1, 0.15) is 12.4 Å². The topological polar surface area (TPSA) is 60.4 Å². The van der Waals surface area contributed by atoms with Crippen molar-refractivity contribution >= 4 is 17.5 Å². The van der Waals surface area contributed by atoms with Gasteiger partial charge in [-0.25, -0.2) is 0 Å². The second-order valence-electron chi connectivity index (χ2n) is 9.09. The molecular formula is C22H28O4. The van der Waals surface area contributed by atoms with E-state index in [1.165, 1.54) is 6.92 Å². The molecule has 0 amide bonds. The maximum absolute atomic E-state index is 12.6.